The van der Waals surface area contributed by atoms with E-state index in [9.17, 15) is 14.7 Å². The lowest BCUT2D eigenvalue weighted by atomic mass is 9.87. The Balaban J connectivity index is 1.71. The average molecular weight is 482 g/mol. The molecule has 174 valence electrons. The second kappa shape index (κ2) is 11.0. The second-order valence-corrected chi connectivity index (χ2v) is 9.65. The molecule has 2 aromatic rings. The molecule has 32 heavy (non-hydrogen) atoms. The van der Waals surface area contributed by atoms with Crippen molar-refractivity contribution in [2.75, 3.05) is 13.6 Å². The summed E-state index contributed by atoms with van der Waals surface area (Å²) in [4.78, 5) is 34.7. The van der Waals surface area contributed by atoms with E-state index in [0.29, 0.717) is 41.0 Å². The summed E-state index contributed by atoms with van der Waals surface area (Å²) in [5, 5.41) is 9.28. The van der Waals surface area contributed by atoms with Gasteiger partial charge < -0.3 is 19.5 Å². The Hall–Kier alpha value is -2.39. The molecular weight excluding hydrogens is 454 g/mol. The normalized spacial score (nSPS) is 18.2. The van der Waals surface area contributed by atoms with Crippen LogP contribution in [0.25, 0.3) is 10.7 Å². The van der Waals surface area contributed by atoms with Gasteiger partial charge in [-0.25, -0.2) is 14.8 Å². The minimum atomic E-state index is -0.773. The summed E-state index contributed by atoms with van der Waals surface area (Å²) in [6.45, 7) is 4.51. The van der Waals surface area contributed by atoms with E-state index in [4.69, 9.17) is 21.1 Å². The number of amides is 1. The maximum atomic E-state index is 12.1. The van der Waals surface area contributed by atoms with Gasteiger partial charge in [0.25, 0.3) is 0 Å². The zero-order valence-electron chi connectivity index (χ0n) is 18.5. The molecule has 1 amide bonds. The van der Waals surface area contributed by atoms with Crippen LogP contribution in [0.2, 0.25) is 4.34 Å². The fourth-order valence-corrected chi connectivity index (χ4v) is 4.90. The molecule has 1 aliphatic carbocycles. The lowest BCUT2D eigenvalue weighted by Gasteiger charge is -2.27. The molecular formula is C22H28ClN3O5S. The predicted molar refractivity (Wildman–Crippen MR) is 122 cm³/mol. The molecule has 0 spiro atoms. The number of hydrogen-bond acceptors (Lipinski definition) is 7. The van der Waals surface area contributed by atoms with E-state index in [0.717, 1.165) is 29.7 Å². The zero-order valence-corrected chi connectivity index (χ0v) is 20.0. The third-order valence-corrected chi connectivity index (χ3v) is 6.71. The zero-order chi connectivity index (χ0) is 23.3. The number of rotatable bonds is 8. The molecule has 2 aromatic heterocycles. The Labute approximate surface area is 196 Å². The van der Waals surface area contributed by atoms with Gasteiger partial charge in [-0.2, -0.15) is 0 Å². The highest BCUT2D eigenvalue weighted by Gasteiger charge is 2.28. The summed E-state index contributed by atoms with van der Waals surface area (Å²) >= 11 is 7.54. The Bertz CT molecular complexity index is 967. The number of aryl methyl sites for hydroxylation is 1. The van der Waals surface area contributed by atoms with Crippen LogP contribution in [0.4, 0.5) is 4.79 Å². The molecule has 1 aliphatic rings. The van der Waals surface area contributed by atoms with Crippen LogP contribution in [0.3, 0.4) is 0 Å². The summed E-state index contributed by atoms with van der Waals surface area (Å²) < 4.78 is 12.0. The van der Waals surface area contributed by atoms with Gasteiger partial charge in [0.05, 0.1) is 33.1 Å². The molecule has 2 unspecified atom stereocenters. The van der Waals surface area contributed by atoms with E-state index < -0.39 is 12.1 Å². The standard InChI is InChI=1S/C22H28ClN3O5S/c1-4-8-26(3)22(29)30-12-15-10-18(23)32-19(15)20-24-11-17(13(2)25-20)31-16-7-5-6-14(9-16)21(27)28/h10-11,14,16H,4-9,12H2,1-3H3,(H,27,28). The first kappa shape index (κ1) is 24.3. The first-order chi connectivity index (χ1) is 15.3. The highest BCUT2D eigenvalue weighted by Crippen LogP contribution is 2.35. The first-order valence-electron chi connectivity index (χ1n) is 10.7. The molecule has 10 heteroatoms. The Morgan fingerprint density at radius 1 is 1.38 bits per heavy atom. The molecule has 1 fully saturated rings. The molecule has 2 atom stereocenters. The van der Waals surface area contributed by atoms with Crippen molar-refractivity contribution in [1.29, 1.82) is 0 Å². The molecule has 0 saturated heterocycles. The summed E-state index contributed by atoms with van der Waals surface area (Å²) in [6, 6.07) is 1.76. The van der Waals surface area contributed by atoms with E-state index in [-0.39, 0.29) is 18.6 Å². The summed E-state index contributed by atoms with van der Waals surface area (Å²) in [5.74, 6) is -0.122. The van der Waals surface area contributed by atoms with Gasteiger partial charge in [-0.3, -0.25) is 4.79 Å². The van der Waals surface area contributed by atoms with Gasteiger partial charge in [-0.05, 0) is 45.1 Å². The topological polar surface area (TPSA) is 102 Å². The molecule has 0 aromatic carbocycles. The van der Waals surface area contributed by atoms with Crippen LogP contribution < -0.4 is 4.74 Å². The van der Waals surface area contributed by atoms with Gasteiger partial charge in [0.1, 0.15) is 6.61 Å². The van der Waals surface area contributed by atoms with Crippen LogP contribution >= 0.6 is 22.9 Å². The summed E-state index contributed by atoms with van der Waals surface area (Å²) in [5.41, 5.74) is 1.39. The van der Waals surface area contributed by atoms with Gasteiger partial charge in [0, 0.05) is 19.2 Å². The van der Waals surface area contributed by atoms with Crippen molar-refractivity contribution in [1.82, 2.24) is 14.9 Å². The molecule has 1 N–H and O–H groups in total. The van der Waals surface area contributed by atoms with E-state index in [1.807, 2.05) is 13.8 Å². The lowest BCUT2D eigenvalue weighted by molar-refractivity contribution is -0.143. The quantitative estimate of drug-likeness (QED) is 0.555. The van der Waals surface area contributed by atoms with E-state index >= 15 is 0 Å². The monoisotopic (exact) mass is 481 g/mol. The van der Waals surface area contributed by atoms with Crippen molar-refractivity contribution in [3.63, 3.8) is 0 Å². The molecule has 2 heterocycles. The summed E-state index contributed by atoms with van der Waals surface area (Å²) in [7, 11) is 1.70. The lowest BCUT2D eigenvalue weighted by Crippen LogP contribution is -2.29. The Kier molecular flexibility index (Phi) is 8.31. The maximum Gasteiger partial charge on any atom is 0.409 e. The van der Waals surface area contributed by atoms with Crippen LogP contribution in [0, 0.1) is 12.8 Å². The van der Waals surface area contributed by atoms with Gasteiger partial charge in [-0.1, -0.05) is 18.5 Å². The number of thiophene rings is 1. The molecule has 0 radical (unpaired) electrons. The average Bonchev–Trinajstić information content (AvgIpc) is 3.14. The number of carboxylic acids is 1. The van der Waals surface area contributed by atoms with Crippen LogP contribution in [0.15, 0.2) is 12.3 Å². The smallest absolute Gasteiger partial charge is 0.409 e. The number of carbonyl (C=O) groups excluding carboxylic acids is 1. The van der Waals surface area contributed by atoms with Crippen molar-refractivity contribution < 1.29 is 24.2 Å². The fourth-order valence-electron chi connectivity index (χ4n) is 3.70. The number of aromatic nitrogens is 2. The molecule has 1 saturated carbocycles. The number of carbonyl (C=O) groups is 2. The Morgan fingerprint density at radius 3 is 2.84 bits per heavy atom. The first-order valence-corrected chi connectivity index (χ1v) is 11.9. The van der Waals surface area contributed by atoms with Crippen LogP contribution in [-0.4, -0.2) is 51.7 Å². The molecule has 0 bridgehead atoms. The maximum absolute atomic E-state index is 12.1. The van der Waals surface area contributed by atoms with Gasteiger partial charge in [0.2, 0.25) is 0 Å². The second-order valence-electron chi connectivity index (χ2n) is 7.97. The van der Waals surface area contributed by atoms with Crippen molar-refractivity contribution in [2.45, 2.75) is 58.7 Å². The third kappa shape index (κ3) is 6.10. The van der Waals surface area contributed by atoms with Gasteiger partial charge >= 0.3 is 12.1 Å². The minimum absolute atomic E-state index is 0.0742. The van der Waals surface area contributed by atoms with Crippen molar-refractivity contribution in [3.05, 3.63) is 27.9 Å². The number of carboxylic acid groups (broad SMARTS) is 1. The SMILES string of the molecule is CCCN(C)C(=O)OCc1cc(Cl)sc1-c1ncc(OC2CCCC(C(=O)O)C2)c(C)n1. The van der Waals surface area contributed by atoms with Crippen LogP contribution in [-0.2, 0) is 16.1 Å². The molecule has 8 nitrogen and oxygen atoms in total. The number of halogens is 1. The Morgan fingerprint density at radius 2 is 2.16 bits per heavy atom. The minimum Gasteiger partial charge on any atom is -0.487 e. The predicted octanol–water partition coefficient (Wildman–Crippen LogP) is 5.17. The van der Waals surface area contributed by atoms with Crippen LogP contribution in [0.1, 0.15) is 50.3 Å². The highest BCUT2D eigenvalue weighted by atomic mass is 35.5. The number of nitrogens with zero attached hydrogens (tertiary/aromatic N) is 3. The number of aliphatic carboxylic acids is 1. The molecule has 3 rings (SSSR count). The van der Waals surface area contributed by atoms with E-state index in [1.165, 1.54) is 16.2 Å². The number of hydrogen-bond donors (Lipinski definition) is 1. The molecule has 0 aliphatic heterocycles. The highest BCUT2D eigenvalue weighted by molar-refractivity contribution is 7.19. The van der Waals surface area contributed by atoms with E-state index in [2.05, 4.69) is 9.97 Å². The van der Waals surface area contributed by atoms with Gasteiger partial charge in [0.15, 0.2) is 11.6 Å². The van der Waals surface area contributed by atoms with Crippen molar-refractivity contribution >= 4 is 35.0 Å². The summed E-state index contributed by atoms with van der Waals surface area (Å²) in [6.07, 6.45) is 4.71. The van der Waals surface area contributed by atoms with Gasteiger partial charge in [-0.15, -0.1) is 11.3 Å². The van der Waals surface area contributed by atoms with Crippen molar-refractivity contribution in [3.8, 4) is 16.5 Å². The number of ether oxygens (including phenoxy) is 2. The fraction of sp³-hybridized carbons (Fsp3) is 0.545. The van der Waals surface area contributed by atoms with Crippen molar-refractivity contribution in [2.24, 2.45) is 5.92 Å². The van der Waals surface area contributed by atoms with Crippen LogP contribution in [0.5, 0.6) is 5.75 Å². The largest absolute Gasteiger partial charge is 0.487 e. The third-order valence-electron chi connectivity index (χ3n) is 5.41. The van der Waals surface area contributed by atoms with E-state index in [1.54, 1.807) is 19.3 Å².